The summed E-state index contributed by atoms with van der Waals surface area (Å²) in [6.45, 7) is 9.45. The van der Waals surface area contributed by atoms with Gasteiger partial charge in [-0.1, -0.05) is 6.08 Å². The molecule has 0 spiro atoms. The zero-order chi connectivity index (χ0) is 25.8. The van der Waals surface area contributed by atoms with E-state index in [9.17, 15) is 19.2 Å². The Balaban J connectivity index is 1.36. The number of piperidine rings is 1. The maximum Gasteiger partial charge on any atom is 0.229 e. The fraction of sp³-hybridized carbons (Fsp3) is 0.538. The molecule has 192 valence electrons. The van der Waals surface area contributed by atoms with Gasteiger partial charge in [-0.2, -0.15) is 5.10 Å². The number of carbonyl (C=O) groups is 4. The first-order valence-electron chi connectivity index (χ1n) is 12.6. The molecule has 2 saturated heterocycles. The van der Waals surface area contributed by atoms with Crippen LogP contribution in [0.15, 0.2) is 18.7 Å². The molecule has 1 N–H and O–H groups in total. The van der Waals surface area contributed by atoms with Crippen molar-refractivity contribution in [2.75, 3.05) is 26.2 Å². The molecule has 4 amide bonds. The van der Waals surface area contributed by atoms with Crippen molar-refractivity contribution in [3.05, 3.63) is 41.4 Å². The van der Waals surface area contributed by atoms with Gasteiger partial charge in [-0.15, -0.1) is 6.58 Å². The van der Waals surface area contributed by atoms with E-state index < -0.39 is 0 Å². The smallest absolute Gasteiger partial charge is 0.229 e. The summed E-state index contributed by atoms with van der Waals surface area (Å²) in [5, 5.41) is 7.65. The molecule has 0 atom stereocenters. The average Bonchev–Trinajstić information content (AvgIpc) is 3.44. The molecule has 0 aromatic carbocycles. The maximum absolute atomic E-state index is 12.7. The lowest BCUT2D eigenvalue weighted by atomic mass is 9.93. The molecule has 2 aromatic heterocycles. The highest BCUT2D eigenvalue weighted by Crippen LogP contribution is 2.29. The summed E-state index contributed by atoms with van der Waals surface area (Å²) in [5.41, 5.74) is 4.67. The van der Waals surface area contributed by atoms with Crippen molar-refractivity contribution in [3.63, 3.8) is 0 Å². The number of rotatable bonds is 9. The van der Waals surface area contributed by atoms with Crippen LogP contribution in [0.1, 0.15) is 67.1 Å². The number of nitrogens with zero attached hydrogens (tertiary/aromatic N) is 5. The monoisotopic (exact) mass is 494 g/mol. The number of imide groups is 1. The summed E-state index contributed by atoms with van der Waals surface area (Å²) in [6, 6.07) is 2.02. The zero-order valence-corrected chi connectivity index (χ0v) is 21.1. The molecule has 0 aliphatic carbocycles. The zero-order valence-electron chi connectivity index (χ0n) is 21.1. The highest BCUT2D eigenvalue weighted by Gasteiger charge is 2.31. The standard InChI is InChI=1S/C26H34N6O4/c1-4-12-27-23(33)6-5-20-17(2)28-22-16-21(29-32(22)18(20)3)19-9-13-30(14-10-19)24(34)11-15-31-25(35)7-8-26(31)36/h4,16,19H,1,5-15H2,2-3H3,(H,27,33). The second kappa shape index (κ2) is 11.0. The number of hydrogen-bond acceptors (Lipinski definition) is 6. The summed E-state index contributed by atoms with van der Waals surface area (Å²) in [4.78, 5) is 56.0. The van der Waals surface area contributed by atoms with Crippen molar-refractivity contribution in [2.24, 2.45) is 0 Å². The van der Waals surface area contributed by atoms with E-state index in [1.165, 1.54) is 4.90 Å². The largest absolute Gasteiger partial charge is 0.353 e. The third kappa shape index (κ3) is 5.47. The van der Waals surface area contributed by atoms with Crippen LogP contribution in [-0.4, -0.2) is 74.2 Å². The van der Waals surface area contributed by atoms with Gasteiger partial charge >= 0.3 is 0 Å². The highest BCUT2D eigenvalue weighted by molar-refractivity contribution is 6.02. The molecule has 4 heterocycles. The van der Waals surface area contributed by atoms with Gasteiger partial charge in [0.2, 0.25) is 23.6 Å². The van der Waals surface area contributed by atoms with Gasteiger partial charge in [-0.05, 0) is 38.7 Å². The van der Waals surface area contributed by atoms with Gasteiger partial charge in [0.25, 0.3) is 0 Å². The molecule has 10 nitrogen and oxygen atoms in total. The minimum absolute atomic E-state index is 0.0186. The normalized spacial score (nSPS) is 16.7. The first kappa shape index (κ1) is 25.5. The summed E-state index contributed by atoms with van der Waals surface area (Å²) >= 11 is 0. The molecular formula is C26H34N6O4. The Labute approximate surface area is 210 Å². The molecule has 2 fully saturated rings. The third-order valence-corrected chi connectivity index (χ3v) is 7.20. The van der Waals surface area contributed by atoms with Crippen LogP contribution >= 0.6 is 0 Å². The molecular weight excluding hydrogens is 460 g/mol. The minimum atomic E-state index is -0.184. The van der Waals surface area contributed by atoms with Gasteiger partial charge in [-0.3, -0.25) is 24.1 Å². The third-order valence-electron chi connectivity index (χ3n) is 7.20. The number of likely N-dealkylation sites (tertiary alicyclic amines) is 2. The van der Waals surface area contributed by atoms with Crippen LogP contribution in [0.5, 0.6) is 0 Å². The van der Waals surface area contributed by atoms with E-state index in [0.29, 0.717) is 32.5 Å². The van der Waals surface area contributed by atoms with Crippen LogP contribution in [0.2, 0.25) is 0 Å². The van der Waals surface area contributed by atoms with Crippen LogP contribution in [-0.2, 0) is 25.6 Å². The maximum atomic E-state index is 12.7. The van der Waals surface area contributed by atoms with Crippen molar-refractivity contribution in [2.45, 2.75) is 64.7 Å². The van der Waals surface area contributed by atoms with E-state index in [1.54, 1.807) is 6.08 Å². The van der Waals surface area contributed by atoms with Crippen molar-refractivity contribution in [1.29, 1.82) is 0 Å². The lowest BCUT2D eigenvalue weighted by Crippen LogP contribution is -2.40. The van der Waals surface area contributed by atoms with Crippen molar-refractivity contribution < 1.29 is 19.2 Å². The summed E-state index contributed by atoms with van der Waals surface area (Å²) < 4.78 is 1.86. The number of amides is 4. The van der Waals surface area contributed by atoms with E-state index in [4.69, 9.17) is 10.1 Å². The van der Waals surface area contributed by atoms with Crippen LogP contribution < -0.4 is 5.32 Å². The number of carbonyl (C=O) groups excluding carboxylic acids is 4. The highest BCUT2D eigenvalue weighted by atomic mass is 16.2. The van der Waals surface area contributed by atoms with Crippen LogP contribution in [0, 0.1) is 13.8 Å². The molecule has 36 heavy (non-hydrogen) atoms. The SMILES string of the molecule is C=CCNC(=O)CCc1c(C)nc2cc(C3CCN(C(=O)CCN4C(=O)CCC4=O)CC3)nn2c1C. The first-order chi connectivity index (χ1) is 17.3. The minimum Gasteiger partial charge on any atom is -0.353 e. The fourth-order valence-electron chi connectivity index (χ4n) is 5.08. The Morgan fingerprint density at radius 2 is 1.83 bits per heavy atom. The molecule has 2 aliphatic heterocycles. The van der Waals surface area contributed by atoms with Gasteiger partial charge in [0.15, 0.2) is 5.65 Å². The van der Waals surface area contributed by atoms with Crippen molar-refractivity contribution in [1.82, 2.24) is 29.7 Å². The van der Waals surface area contributed by atoms with E-state index in [-0.39, 0.29) is 55.4 Å². The lowest BCUT2D eigenvalue weighted by molar-refractivity contribution is -0.139. The number of aryl methyl sites for hydroxylation is 2. The van der Waals surface area contributed by atoms with E-state index in [1.807, 2.05) is 29.3 Å². The van der Waals surface area contributed by atoms with E-state index in [0.717, 1.165) is 41.1 Å². The fourth-order valence-corrected chi connectivity index (χ4v) is 5.08. The molecule has 0 unspecified atom stereocenters. The second-order valence-corrected chi connectivity index (χ2v) is 9.54. The Morgan fingerprint density at radius 3 is 2.50 bits per heavy atom. The van der Waals surface area contributed by atoms with Gasteiger partial charge in [0.05, 0.1) is 5.69 Å². The number of fused-ring (bicyclic) bond motifs is 1. The Kier molecular flexibility index (Phi) is 7.81. The van der Waals surface area contributed by atoms with Gasteiger partial charge in [-0.25, -0.2) is 9.50 Å². The quantitative estimate of drug-likeness (QED) is 0.420. The van der Waals surface area contributed by atoms with Crippen LogP contribution in [0.25, 0.3) is 5.65 Å². The Morgan fingerprint density at radius 1 is 1.14 bits per heavy atom. The van der Waals surface area contributed by atoms with Crippen LogP contribution in [0.4, 0.5) is 0 Å². The molecule has 2 aliphatic rings. The average molecular weight is 495 g/mol. The molecule has 0 bridgehead atoms. The van der Waals surface area contributed by atoms with Gasteiger partial charge in [0.1, 0.15) is 0 Å². The number of nitrogens with one attached hydrogen (secondary N) is 1. The van der Waals surface area contributed by atoms with E-state index in [2.05, 4.69) is 11.9 Å². The van der Waals surface area contributed by atoms with Gasteiger partial charge in [0, 0.05) is 75.2 Å². The van der Waals surface area contributed by atoms with Gasteiger partial charge < -0.3 is 10.2 Å². The molecule has 10 heteroatoms. The first-order valence-corrected chi connectivity index (χ1v) is 12.6. The van der Waals surface area contributed by atoms with Crippen molar-refractivity contribution >= 4 is 29.3 Å². The summed E-state index contributed by atoms with van der Waals surface area (Å²) in [7, 11) is 0. The van der Waals surface area contributed by atoms with Crippen LogP contribution in [0.3, 0.4) is 0 Å². The predicted octanol–water partition coefficient (Wildman–Crippen LogP) is 1.83. The summed E-state index contributed by atoms with van der Waals surface area (Å²) in [6.07, 6.45) is 4.89. The lowest BCUT2D eigenvalue weighted by Gasteiger charge is -2.31. The number of hydrogen-bond donors (Lipinski definition) is 1. The molecule has 0 saturated carbocycles. The Hall–Kier alpha value is -3.56. The van der Waals surface area contributed by atoms with Crippen molar-refractivity contribution in [3.8, 4) is 0 Å². The Bertz CT molecular complexity index is 1180. The topological polar surface area (TPSA) is 117 Å². The number of aromatic nitrogens is 3. The molecule has 4 rings (SSSR count). The summed E-state index contributed by atoms with van der Waals surface area (Å²) in [5.74, 6) is -0.181. The molecule has 0 radical (unpaired) electrons. The second-order valence-electron chi connectivity index (χ2n) is 9.54. The molecule has 2 aromatic rings. The predicted molar refractivity (Wildman–Crippen MR) is 133 cm³/mol. The van der Waals surface area contributed by atoms with E-state index >= 15 is 0 Å².